The molecule has 3 N–H and O–H groups in total. The first-order valence-electron chi connectivity index (χ1n) is 7.98. The number of hydrogen-bond donors (Lipinski definition) is 2. The first-order chi connectivity index (χ1) is 10.4. The Morgan fingerprint density at radius 3 is 2.14 bits per heavy atom. The monoisotopic (exact) mass is 280 g/mol. The summed E-state index contributed by atoms with van der Waals surface area (Å²) >= 11 is 0. The summed E-state index contributed by atoms with van der Waals surface area (Å²) in [4.78, 5) is 0. The number of hydrazine groups is 1. The molecule has 2 aromatic carbocycles. The van der Waals surface area contributed by atoms with E-state index in [9.17, 15) is 0 Å². The lowest BCUT2D eigenvalue weighted by Gasteiger charge is -2.20. The van der Waals surface area contributed by atoms with E-state index in [0.717, 1.165) is 12.3 Å². The van der Waals surface area contributed by atoms with Gasteiger partial charge in [0.1, 0.15) is 0 Å². The molecule has 1 saturated carbocycles. The fraction of sp³-hybridized carbons (Fsp3) is 0.368. The molecule has 1 unspecified atom stereocenters. The van der Waals surface area contributed by atoms with Crippen molar-refractivity contribution >= 4 is 0 Å². The predicted octanol–water partition coefficient (Wildman–Crippen LogP) is 4.44. The molecule has 0 aliphatic heterocycles. The van der Waals surface area contributed by atoms with Crippen molar-refractivity contribution in [1.82, 2.24) is 5.43 Å². The summed E-state index contributed by atoms with van der Waals surface area (Å²) in [5.74, 6) is 6.62. The number of nitrogens with two attached hydrogens (primary N) is 1. The molecule has 0 heterocycles. The Kier molecular flexibility index (Phi) is 4.69. The summed E-state index contributed by atoms with van der Waals surface area (Å²) in [5.41, 5.74) is 6.82. The molecule has 1 fully saturated rings. The SMILES string of the molecule is NNC(CC1CCCC1)c1ccc(-c2ccccc2)cc1. The van der Waals surface area contributed by atoms with Gasteiger partial charge in [0.15, 0.2) is 0 Å². The van der Waals surface area contributed by atoms with Gasteiger partial charge in [0, 0.05) is 6.04 Å². The molecule has 1 aliphatic carbocycles. The summed E-state index contributed by atoms with van der Waals surface area (Å²) in [6.07, 6.45) is 6.64. The van der Waals surface area contributed by atoms with Crippen molar-refractivity contribution in [3.8, 4) is 11.1 Å². The van der Waals surface area contributed by atoms with Gasteiger partial charge in [0.25, 0.3) is 0 Å². The van der Waals surface area contributed by atoms with Crippen LogP contribution in [0.3, 0.4) is 0 Å². The average Bonchev–Trinajstić information content (AvgIpc) is 3.07. The highest BCUT2D eigenvalue weighted by Gasteiger charge is 2.20. The molecule has 2 nitrogen and oxygen atoms in total. The van der Waals surface area contributed by atoms with Gasteiger partial charge in [0.2, 0.25) is 0 Å². The van der Waals surface area contributed by atoms with Gasteiger partial charge in [-0.2, -0.15) is 0 Å². The number of benzene rings is 2. The second-order valence-electron chi connectivity index (χ2n) is 6.09. The zero-order chi connectivity index (χ0) is 14.5. The minimum absolute atomic E-state index is 0.276. The smallest absolute Gasteiger partial charge is 0.0462 e. The van der Waals surface area contributed by atoms with Crippen LogP contribution in [0.15, 0.2) is 54.6 Å². The van der Waals surface area contributed by atoms with Gasteiger partial charge in [-0.15, -0.1) is 0 Å². The van der Waals surface area contributed by atoms with Gasteiger partial charge in [-0.1, -0.05) is 80.3 Å². The summed E-state index contributed by atoms with van der Waals surface area (Å²) < 4.78 is 0. The van der Waals surface area contributed by atoms with E-state index in [-0.39, 0.29) is 6.04 Å². The Morgan fingerprint density at radius 2 is 1.52 bits per heavy atom. The molecule has 21 heavy (non-hydrogen) atoms. The van der Waals surface area contributed by atoms with Crippen LogP contribution in [0.1, 0.15) is 43.7 Å². The maximum absolute atomic E-state index is 5.78. The summed E-state index contributed by atoms with van der Waals surface area (Å²) in [5, 5.41) is 0. The van der Waals surface area contributed by atoms with Crippen LogP contribution in [0.4, 0.5) is 0 Å². The topological polar surface area (TPSA) is 38.0 Å². The van der Waals surface area contributed by atoms with E-state index in [1.165, 1.54) is 42.4 Å². The second kappa shape index (κ2) is 6.88. The van der Waals surface area contributed by atoms with Crippen molar-refractivity contribution in [3.63, 3.8) is 0 Å². The van der Waals surface area contributed by atoms with E-state index >= 15 is 0 Å². The molecule has 0 bridgehead atoms. The number of hydrogen-bond acceptors (Lipinski definition) is 2. The fourth-order valence-corrected chi connectivity index (χ4v) is 3.42. The molecule has 1 atom stereocenters. The molecular weight excluding hydrogens is 256 g/mol. The Morgan fingerprint density at radius 1 is 0.905 bits per heavy atom. The second-order valence-corrected chi connectivity index (χ2v) is 6.09. The molecule has 0 spiro atoms. The van der Waals surface area contributed by atoms with Crippen LogP contribution < -0.4 is 11.3 Å². The molecule has 0 aromatic heterocycles. The van der Waals surface area contributed by atoms with E-state index in [4.69, 9.17) is 5.84 Å². The molecule has 1 aliphatic rings. The molecule has 110 valence electrons. The van der Waals surface area contributed by atoms with Gasteiger partial charge in [-0.05, 0) is 29.0 Å². The molecule has 2 aromatic rings. The van der Waals surface area contributed by atoms with E-state index in [1.807, 2.05) is 6.07 Å². The number of nitrogens with one attached hydrogen (secondary N) is 1. The molecule has 0 amide bonds. The van der Waals surface area contributed by atoms with Gasteiger partial charge in [-0.25, -0.2) is 0 Å². The first kappa shape index (κ1) is 14.3. The third kappa shape index (κ3) is 3.52. The van der Waals surface area contributed by atoms with E-state index in [1.54, 1.807) is 0 Å². The van der Waals surface area contributed by atoms with Gasteiger partial charge >= 0.3 is 0 Å². The van der Waals surface area contributed by atoms with E-state index in [0.29, 0.717) is 0 Å². The summed E-state index contributed by atoms with van der Waals surface area (Å²) in [6.45, 7) is 0. The van der Waals surface area contributed by atoms with Gasteiger partial charge < -0.3 is 0 Å². The van der Waals surface area contributed by atoms with Crippen molar-refractivity contribution in [1.29, 1.82) is 0 Å². The van der Waals surface area contributed by atoms with Crippen LogP contribution in [0.25, 0.3) is 11.1 Å². The van der Waals surface area contributed by atoms with Crippen molar-refractivity contribution < 1.29 is 0 Å². The molecule has 3 rings (SSSR count). The highest BCUT2D eigenvalue weighted by atomic mass is 15.2. The van der Waals surface area contributed by atoms with E-state index < -0.39 is 0 Å². The van der Waals surface area contributed by atoms with Crippen LogP contribution in [-0.2, 0) is 0 Å². The minimum Gasteiger partial charge on any atom is -0.271 e. The molecule has 2 heteroatoms. The Balaban J connectivity index is 1.72. The normalized spacial score (nSPS) is 17.0. The molecular formula is C19H24N2. The van der Waals surface area contributed by atoms with Crippen LogP contribution in [0.5, 0.6) is 0 Å². The quantitative estimate of drug-likeness (QED) is 0.627. The molecule has 0 saturated heterocycles. The van der Waals surface area contributed by atoms with E-state index in [2.05, 4.69) is 54.0 Å². The van der Waals surface area contributed by atoms with Gasteiger partial charge in [-0.3, -0.25) is 11.3 Å². The lowest BCUT2D eigenvalue weighted by molar-refractivity contribution is 0.400. The standard InChI is InChI=1S/C19H24N2/c20-21-19(14-15-6-4-5-7-15)18-12-10-17(11-13-18)16-8-2-1-3-9-16/h1-3,8-13,15,19,21H,4-7,14,20H2. The zero-order valence-electron chi connectivity index (χ0n) is 12.5. The number of rotatable bonds is 5. The zero-order valence-corrected chi connectivity index (χ0v) is 12.5. The Labute approximate surface area is 127 Å². The van der Waals surface area contributed by atoms with Crippen molar-refractivity contribution in [3.05, 3.63) is 60.2 Å². The Hall–Kier alpha value is -1.64. The Bertz CT molecular complexity index is 542. The van der Waals surface area contributed by atoms with Crippen molar-refractivity contribution in [2.24, 2.45) is 11.8 Å². The van der Waals surface area contributed by atoms with Crippen LogP contribution in [-0.4, -0.2) is 0 Å². The van der Waals surface area contributed by atoms with Crippen molar-refractivity contribution in [2.45, 2.75) is 38.1 Å². The largest absolute Gasteiger partial charge is 0.271 e. The lowest BCUT2D eigenvalue weighted by Crippen LogP contribution is -2.29. The van der Waals surface area contributed by atoms with Crippen LogP contribution in [0, 0.1) is 5.92 Å². The lowest BCUT2D eigenvalue weighted by atomic mass is 9.93. The van der Waals surface area contributed by atoms with Crippen LogP contribution in [0.2, 0.25) is 0 Å². The third-order valence-electron chi connectivity index (χ3n) is 4.67. The fourth-order valence-electron chi connectivity index (χ4n) is 3.42. The van der Waals surface area contributed by atoms with Crippen LogP contribution >= 0.6 is 0 Å². The highest BCUT2D eigenvalue weighted by molar-refractivity contribution is 5.63. The summed E-state index contributed by atoms with van der Waals surface area (Å²) in [7, 11) is 0. The van der Waals surface area contributed by atoms with Crippen molar-refractivity contribution in [2.75, 3.05) is 0 Å². The molecule has 0 radical (unpaired) electrons. The highest BCUT2D eigenvalue weighted by Crippen LogP contribution is 2.33. The average molecular weight is 280 g/mol. The summed E-state index contributed by atoms with van der Waals surface area (Å²) in [6, 6.07) is 19.6. The van der Waals surface area contributed by atoms with Gasteiger partial charge in [0.05, 0.1) is 0 Å². The maximum Gasteiger partial charge on any atom is 0.0462 e. The minimum atomic E-state index is 0.276. The third-order valence-corrected chi connectivity index (χ3v) is 4.67. The maximum atomic E-state index is 5.78. The first-order valence-corrected chi connectivity index (χ1v) is 7.98. The predicted molar refractivity (Wildman–Crippen MR) is 88.5 cm³/mol.